The van der Waals surface area contributed by atoms with E-state index >= 15 is 0 Å². The summed E-state index contributed by atoms with van der Waals surface area (Å²) in [5.41, 5.74) is 15.5. The van der Waals surface area contributed by atoms with E-state index < -0.39 is 90.1 Å². The van der Waals surface area contributed by atoms with Crippen LogP contribution in [0.2, 0.25) is 0 Å². The standard InChI is InChI=1S/C52H76N14O10/c1-5-64(6-2)27-14-13-22-41(49(72)61-46(36(4)67)52(75)55-26-23-45(69)65(34-44(53)68)32-40-33-66(63-62-40)28-16-25-56-76)58-51(74)43(30-38-19-11-8-12-20-38)59-47(70)35(3)57-50(73)42(29-37-17-9-7-10-18-37)60-48(71)39-21-15-24-54-31-39/h7-12,15,17-21,24,31,33,35-36,41-43,46,56,62-63,67,76H,5-6,13-14,16,22-23,25-30,32,34H2,1-4H3,(H2,53,68)(H,55,75)(H,57,73)(H,58,74)(H,59,70)(H,60,71)(H,61,72)/t35-,36+,41-,42?,43?,46?/m0/s1. The molecule has 0 aliphatic carbocycles. The van der Waals surface area contributed by atoms with E-state index in [-0.39, 0.29) is 44.3 Å². The predicted octanol–water partition coefficient (Wildman–Crippen LogP) is -1.13. The fourth-order valence-electron chi connectivity index (χ4n) is 8.07. The Morgan fingerprint density at radius 2 is 1.34 bits per heavy atom. The molecule has 1 aliphatic heterocycles. The summed E-state index contributed by atoms with van der Waals surface area (Å²) in [5.74, 6) is -5.59. The molecule has 1 aliphatic rings. The summed E-state index contributed by atoms with van der Waals surface area (Å²) in [6, 6.07) is 14.6. The number of benzene rings is 2. The Kier molecular flexibility index (Phi) is 26.3. The number of primary amides is 1. The number of hydroxylamine groups is 1. The SMILES string of the molecule is CCN(CC)CCCC[C@H](NC(=O)C(Cc1ccccc1)NC(=O)[C@H](C)NC(=O)C(Cc1ccccc1)NC(=O)c1cccnc1)C(=O)NC(C(=O)NCCC(=O)N(CC(N)=O)CC1=CN(CCCNO)NN1)[C@@H](C)O. The van der Waals surface area contributed by atoms with Gasteiger partial charge >= 0.3 is 0 Å². The number of hydrogen-bond acceptors (Lipinski definition) is 16. The molecule has 3 unspecified atom stereocenters. The first-order valence-corrected chi connectivity index (χ1v) is 25.6. The van der Waals surface area contributed by atoms with Crippen LogP contribution in [0.4, 0.5) is 0 Å². The predicted molar refractivity (Wildman–Crippen MR) is 281 cm³/mol. The van der Waals surface area contributed by atoms with Crippen LogP contribution in [0.25, 0.3) is 0 Å². The van der Waals surface area contributed by atoms with E-state index in [1.165, 1.54) is 31.1 Å². The molecule has 0 spiro atoms. The second-order valence-corrected chi connectivity index (χ2v) is 18.4. The van der Waals surface area contributed by atoms with Gasteiger partial charge in [-0.3, -0.25) is 48.3 Å². The van der Waals surface area contributed by atoms with E-state index in [1.54, 1.807) is 77.9 Å². The third kappa shape index (κ3) is 21.4. The van der Waals surface area contributed by atoms with E-state index in [9.17, 15) is 43.5 Å². The monoisotopic (exact) mass is 1060 g/mol. The van der Waals surface area contributed by atoms with Gasteiger partial charge in [0, 0.05) is 57.5 Å². The van der Waals surface area contributed by atoms with Gasteiger partial charge in [-0.25, -0.2) is 5.48 Å². The van der Waals surface area contributed by atoms with Gasteiger partial charge in [0.15, 0.2) is 0 Å². The van der Waals surface area contributed by atoms with Crippen LogP contribution in [0.1, 0.15) is 81.3 Å². The Morgan fingerprint density at radius 3 is 1.93 bits per heavy atom. The summed E-state index contributed by atoms with van der Waals surface area (Å²) in [6.07, 6.45) is 4.76. The van der Waals surface area contributed by atoms with Crippen LogP contribution >= 0.6 is 0 Å². The van der Waals surface area contributed by atoms with E-state index in [1.807, 2.05) is 19.9 Å². The molecule has 0 bridgehead atoms. The molecule has 13 N–H and O–H groups in total. The maximum absolute atomic E-state index is 14.4. The Morgan fingerprint density at radius 1 is 0.724 bits per heavy atom. The maximum atomic E-state index is 14.4. The highest BCUT2D eigenvalue weighted by Crippen LogP contribution is 2.11. The number of nitrogens with one attached hydrogen (secondary N) is 9. The second kappa shape index (κ2) is 32.7. The molecular formula is C52H76N14O10. The van der Waals surface area contributed by atoms with Crippen LogP contribution in [0.15, 0.2) is 97.1 Å². The van der Waals surface area contributed by atoms with E-state index in [0.29, 0.717) is 50.2 Å². The minimum absolute atomic E-state index is 0.0196. The molecule has 414 valence electrons. The Bertz CT molecular complexity index is 2360. The fourth-order valence-corrected chi connectivity index (χ4v) is 8.07. The topological polar surface area (TPSA) is 334 Å². The first-order valence-electron chi connectivity index (χ1n) is 25.6. The van der Waals surface area contributed by atoms with Gasteiger partial charge in [0.1, 0.15) is 30.2 Å². The van der Waals surface area contributed by atoms with Gasteiger partial charge in [-0.1, -0.05) is 74.5 Å². The molecule has 0 saturated heterocycles. The number of nitrogens with two attached hydrogens (primary N) is 1. The lowest BCUT2D eigenvalue weighted by atomic mass is 10.0. The molecule has 24 nitrogen and oxygen atoms in total. The summed E-state index contributed by atoms with van der Waals surface area (Å²) in [7, 11) is 0. The minimum atomic E-state index is -1.53. The molecule has 24 heteroatoms. The van der Waals surface area contributed by atoms with Gasteiger partial charge in [-0.05, 0) is 82.4 Å². The van der Waals surface area contributed by atoms with Crippen LogP contribution in [-0.2, 0) is 46.4 Å². The van der Waals surface area contributed by atoms with Crippen molar-refractivity contribution in [1.29, 1.82) is 0 Å². The summed E-state index contributed by atoms with van der Waals surface area (Å²) < 4.78 is 0. The molecule has 2 aromatic carbocycles. The molecule has 8 amide bonds. The van der Waals surface area contributed by atoms with Gasteiger partial charge in [0.2, 0.25) is 41.4 Å². The number of aliphatic hydroxyl groups is 1. The van der Waals surface area contributed by atoms with Gasteiger partial charge in [0.05, 0.1) is 30.5 Å². The quantitative estimate of drug-likeness (QED) is 0.0249. The summed E-state index contributed by atoms with van der Waals surface area (Å²) in [5, 5.41) is 37.4. The zero-order chi connectivity index (χ0) is 55.4. The van der Waals surface area contributed by atoms with Crippen molar-refractivity contribution >= 4 is 47.3 Å². The van der Waals surface area contributed by atoms with Crippen molar-refractivity contribution in [3.05, 3.63) is 114 Å². The molecule has 0 saturated carbocycles. The third-order valence-electron chi connectivity index (χ3n) is 12.4. The molecule has 2 heterocycles. The highest BCUT2D eigenvalue weighted by Gasteiger charge is 2.33. The second-order valence-electron chi connectivity index (χ2n) is 18.4. The lowest BCUT2D eigenvalue weighted by molar-refractivity contribution is -0.136. The molecule has 1 aromatic heterocycles. The normalized spacial score (nSPS) is 14.4. The van der Waals surface area contributed by atoms with Gasteiger partial charge < -0.3 is 63.2 Å². The van der Waals surface area contributed by atoms with E-state index in [0.717, 1.165) is 18.7 Å². The third-order valence-corrected chi connectivity index (χ3v) is 12.4. The molecule has 0 radical (unpaired) electrons. The molecule has 76 heavy (non-hydrogen) atoms. The Labute approximate surface area is 443 Å². The number of rotatable bonds is 34. The number of aromatic nitrogens is 1. The first-order chi connectivity index (χ1) is 36.5. The van der Waals surface area contributed by atoms with Crippen LogP contribution in [0.3, 0.4) is 0 Å². The highest BCUT2D eigenvalue weighted by atomic mass is 16.5. The smallest absolute Gasteiger partial charge is 0.253 e. The van der Waals surface area contributed by atoms with E-state index in [4.69, 9.17) is 10.9 Å². The number of hydrazine groups is 2. The molecule has 3 aromatic rings. The first kappa shape index (κ1) is 61.0. The van der Waals surface area contributed by atoms with Crippen LogP contribution in [0, 0.1) is 0 Å². The van der Waals surface area contributed by atoms with Crippen molar-refractivity contribution in [2.75, 3.05) is 52.4 Å². The summed E-state index contributed by atoms with van der Waals surface area (Å²) in [4.78, 5) is 116. The fraction of sp³-hybridized carbons (Fsp3) is 0.481. The van der Waals surface area contributed by atoms with Crippen molar-refractivity contribution in [3.63, 3.8) is 0 Å². The zero-order valence-electron chi connectivity index (χ0n) is 43.8. The largest absolute Gasteiger partial charge is 0.391 e. The lowest BCUT2D eigenvalue weighted by Crippen LogP contribution is -2.60. The Hall–Kier alpha value is -7.51. The molecule has 0 fully saturated rings. The lowest BCUT2D eigenvalue weighted by Gasteiger charge is -2.27. The summed E-state index contributed by atoms with van der Waals surface area (Å²) >= 11 is 0. The van der Waals surface area contributed by atoms with Crippen LogP contribution < -0.4 is 54.1 Å². The minimum Gasteiger partial charge on any atom is -0.391 e. The van der Waals surface area contributed by atoms with Crippen LogP contribution in [0.5, 0.6) is 0 Å². The molecule has 4 rings (SSSR count). The number of unbranched alkanes of at least 4 members (excludes halogenated alkanes) is 1. The number of carbonyl (C=O) groups is 8. The van der Waals surface area contributed by atoms with Crippen molar-refractivity contribution in [2.24, 2.45) is 5.73 Å². The Balaban J connectivity index is 1.47. The van der Waals surface area contributed by atoms with Gasteiger partial charge in [-0.15, -0.1) is 5.53 Å². The van der Waals surface area contributed by atoms with Crippen molar-refractivity contribution in [2.45, 2.75) is 109 Å². The van der Waals surface area contributed by atoms with E-state index in [2.05, 4.69) is 58.2 Å². The van der Waals surface area contributed by atoms with Crippen molar-refractivity contribution in [3.8, 4) is 0 Å². The van der Waals surface area contributed by atoms with Crippen LogP contribution in [-0.4, -0.2) is 166 Å². The number of carbonyl (C=O) groups excluding carboxylic acids is 8. The van der Waals surface area contributed by atoms with Crippen molar-refractivity contribution in [1.82, 2.24) is 68.1 Å². The number of nitrogens with zero attached hydrogens (tertiary/aromatic N) is 4. The maximum Gasteiger partial charge on any atom is 0.253 e. The molecule has 6 atom stereocenters. The summed E-state index contributed by atoms with van der Waals surface area (Å²) in [6.45, 7) is 9.31. The highest BCUT2D eigenvalue weighted by molar-refractivity contribution is 5.99. The number of hydrogen-bond donors (Lipinski definition) is 12. The van der Waals surface area contributed by atoms with Gasteiger partial charge in [0.25, 0.3) is 5.91 Å². The average Bonchev–Trinajstić information content (AvgIpc) is 3.86. The van der Waals surface area contributed by atoms with Gasteiger partial charge in [-0.2, -0.15) is 0 Å². The van der Waals surface area contributed by atoms with Crippen molar-refractivity contribution < 1.29 is 48.7 Å². The zero-order valence-corrected chi connectivity index (χ0v) is 43.8. The number of pyridine rings is 1. The molecular weight excluding hydrogens is 981 g/mol. The number of amides is 8. The average molecular weight is 1060 g/mol. The number of aliphatic hydroxyl groups excluding tert-OH is 1.